The lowest BCUT2D eigenvalue weighted by Crippen LogP contribution is -2.09. The van der Waals surface area contributed by atoms with Gasteiger partial charge in [-0.15, -0.1) is 0 Å². The van der Waals surface area contributed by atoms with Crippen molar-refractivity contribution < 1.29 is 0 Å². The van der Waals surface area contributed by atoms with Gasteiger partial charge in [-0.05, 0) is 25.7 Å². The molecule has 1 N–H and O–H groups in total. The number of anilines is 1. The largest absolute Gasteiger partial charge is 0.369 e. The third-order valence-electron chi connectivity index (χ3n) is 2.38. The summed E-state index contributed by atoms with van der Waals surface area (Å²) in [6.07, 6.45) is 2.61. The van der Waals surface area contributed by atoms with Crippen molar-refractivity contribution in [2.24, 2.45) is 5.92 Å². The molecule has 0 saturated heterocycles. The second-order valence-corrected chi connectivity index (χ2v) is 4.36. The molecule has 1 heterocycles. The smallest absolute Gasteiger partial charge is 0.142 e. The zero-order chi connectivity index (χ0) is 10.8. The van der Waals surface area contributed by atoms with Crippen LogP contribution in [0.25, 0.3) is 0 Å². The van der Waals surface area contributed by atoms with Crippen LogP contribution in [0, 0.1) is 12.8 Å². The summed E-state index contributed by atoms with van der Waals surface area (Å²) in [6, 6.07) is 0. The predicted molar refractivity (Wildman–Crippen MR) is 65.7 cm³/mol. The fourth-order valence-corrected chi connectivity index (χ4v) is 1.90. The number of nitrogens with one attached hydrogen (secondary N) is 1. The summed E-state index contributed by atoms with van der Waals surface area (Å²) in [5.74, 6) is 2.21. The van der Waals surface area contributed by atoms with Crippen molar-refractivity contribution >= 4 is 35.0 Å². The number of rotatable bonds is 4. The normalized spacial score (nSPS) is 15.1. The van der Waals surface area contributed by atoms with Gasteiger partial charge >= 0.3 is 0 Å². The highest BCUT2D eigenvalue weighted by Gasteiger charge is 2.21. The number of aromatic nitrogens is 2. The average molecular weight is 242 g/mol. The summed E-state index contributed by atoms with van der Waals surface area (Å²) in [5.41, 5.74) is 0.720. The van der Waals surface area contributed by atoms with Crippen molar-refractivity contribution in [1.82, 2.24) is 9.97 Å². The average Bonchev–Trinajstić information content (AvgIpc) is 2.97. The number of hydrogen-bond acceptors (Lipinski definition) is 4. The van der Waals surface area contributed by atoms with Crippen LogP contribution in [0.2, 0.25) is 5.15 Å². The Bertz CT molecular complexity index is 390. The molecule has 0 spiro atoms. The Hall–Kier alpha value is -0.740. The summed E-state index contributed by atoms with van der Waals surface area (Å²) in [5, 5.41) is 5.23. The van der Waals surface area contributed by atoms with E-state index in [-0.39, 0.29) is 0 Å². The van der Waals surface area contributed by atoms with Crippen molar-refractivity contribution in [1.29, 1.82) is 0 Å². The van der Waals surface area contributed by atoms with E-state index in [1.54, 1.807) is 0 Å². The molecule has 0 aromatic carbocycles. The van der Waals surface area contributed by atoms with Gasteiger partial charge in [0.05, 0.1) is 5.56 Å². The Labute approximate surface area is 99.3 Å². The fraction of sp³-hybridized carbons (Fsp3) is 0.500. The predicted octanol–water partition coefficient (Wildman–Crippen LogP) is 2.61. The maximum atomic E-state index is 5.98. The number of halogens is 1. The first-order valence-electron chi connectivity index (χ1n) is 4.94. The molecule has 0 amide bonds. The van der Waals surface area contributed by atoms with E-state index in [2.05, 4.69) is 15.3 Å². The van der Waals surface area contributed by atoms with E-state index in [1.807, 2.05) is 6.92 Å². The van der Waals surface area contributed by atoms with Gasteiger partial charge in [0, 0.05) is 11.9 Å². The molecule has 0 unspecified atom stereocenters. The lowest BCUT2D eigenvalue weighted by molar-refractivity contribution is 0.877. The van der Waals surface area contributed by atoms with Crippen LogP contribution in [0.1, 0.15) is 24.2 Å². The topological polar surface area (TPSA) is 37.8 Å². The molecule has 80 valence electrons. The summed E-state index contributed by atoms with van der Waals surface area (Å²) in [6.45, 7) is 2.77. The molecule has 1 aliphatic carbocycles. The van der Waals surface area contributed by atoms with E-state index in [1.165, 1.54) is 18.2 Å². The lowest BCUT2D eigenvalue weighted by Gasteiger charge is -2.09. The summed E-state index contributed by atoms with van der Waals surface area (Å²) < 4.78 is 0. The van der Waals surface area contributed by atoms with Gasteiger partial charge in [-0.3, -0.25) is 0 Å². The molecule has 2 rings (SSSR count). The van der Waals surface area contributed by atoms with Crippen LogP contribution >= 0.6 is 23.8 Å². The quantitative estimate of drug-likeness (QED) is 0.650. The Balaban J connectivity index is 2.21. The molecule has 0 atom stereocenters. The van der Waals surface area contributed by atoms with Gasteiger partial charge in [-0.25, -0.2) is 9.97 Å². The van der Waals surface area contributed by atoms with Gasteiger partial charge in [0.2, 0.25) is 0 Å². The highest BCUT2D eigenvalue weighted by atomic mass is 35.5. The van der Waals surface area contributed by atoms with Crippen LogP contribution in [-0.4, -0.2) is 21.9 Å². The second-order valence-electron chi connectivity index (χ2n) is 3.77. The highest BCUT2D eigenvalue weighted by molar-refractivity contribution is 7.79. The van der Waals surface area contributed by atoms with Crippen LogP contribution in [0.3, 0.4) is 0 Å². The van der Waals surface area contributed by atoms with Gasteiger partial charge in [0.15, 0.2) is 0 Å². The first-order valence-corrected chi connectivity index (χ1v) is 5.79. The Morgan fingerprint density at radius 2 is 2.27 bits per heavy atom. The SMILES string of the molecule is Cc1nc(Cl)c(C=S)c(NCC2CC2)n1. The van der Waals surface area contributed by atoms with Crippen LogP contribution in [0.15, 0.2) is 0 Å². The minimum atomic E-state index is 0.427. The molecule has 1 aromatic rings. The maximum absolute atomic E-state index is 5.98. The minimum absolute atomic E-state index is 0.427. The third kappa shape index (κ3) is 2.63. The van der Waals surface area contributed by atoms with Crippen molar-refractivity contribution in [2.75, 3.05) is 11.9 Å². The number of thiocarbonyl (C=S) groups is 1. The number of nitrogens with zero attached hydrogens (tertiary/aromatic N) is 2. The van der Waals surface area contributed by atoms with Gasteiger partial charge in [-0.2, -0.15) is 0 Å². The summed E-state index contributed by atoms with van der Waals surface area (Å²) >= 11 is 10.9. The van der Waals surface area contributed by atoms with Crippen molar-refractivity contribution in [3.05, 3.63) is 16.5 Å². The molecular formula is C10H12ClN3S. The first kappa shape index (κ1) is 10.8. The molecule has 3 nitrogen and oxygen atoms in total. The van der Waals surface area contributed by atoms with Crippen molar-refractivity contribution in [3.63, 3.8) is 0 Å². The minimum Gasteiger partial charge on any atom is -0.369 e. The molecule has 5 heteroatoms. The molecule has 1 aliphatic rings. The lowest BCUT2D eigenvalue weighted by atomic mass is 10.3. The Kier molecular flexibility index (Phi) is 3.17. The molecule has 1 aromatic heterocycles. The van der Waals surface area contributed by atoms with E-state index in [9.17, 15) is 0 Å². The van der Waals surface area contributed by atoms with E-state index in [0.29, 0.717) is 11.0 Å². The first-order chi connectivity index (χ1) is 7.20. The molecule has 15 heavy (non-hydrogen) atoms. The molecule has 1 saturated carbocycles. The monoisotopic (exact) mass is 241 g/mol. The molecule has 0 bridgehead atoms. The van der Waals surface area contributed by atoms with E-state index in [0.717, 1.165) is 23.8 Å². The van der Waals surface area contributed by atoms with Crippen molar-refractivity contribution in [2.45, 2.75) is 19.8 Å². The maximum Gasteiger partial charge on any atom is 0.142 e. The zero-order valence-electron chi connectivity index (χ0n) is 8.46. The highest BCUT2D eigenvalue weighted by Crippen LogP contribution is 2.29. The van der Waals surface area contributed by atoms with Crippen molar-refractivity contribution in [3.8, 4) is 0 Å². The number of aryl methyl sites for hydroxylation is 1. The molecule has 0 radical (unpaired) electrons. The van der Waals surface area contributed by atoms with E-state index in [4.69, 9.17) is 23.8 Å². The van der Waals surface area contributed by atoms with Crippen LogP contribution < -0.4 is 5.32 Å². The summed E-state index contributed by atoms with van der Waals surface area (Å²) in [7, 11) is 0. The standard InChI is InChI=1S/C10H12ClN3S/c1-6-13-9(11)8(5-15)10(14-6)12-4-7-2-3-7/h5,7H,2-4H2,1H3,(H,12,13,14). The van der Waals surface area contributed by atoms with Gasteiger partial charge in [0.25, 0.3) is 0 Å². The Morgan fingerprint density at radius 3 is 2.87 bits per heavy atom. The third-order valence-corrected chi connectivity index (χ3v) is 2.91. The second kappa shape index (κ2) is 4.41. The molecular weight excluding hydrogens is 230 g/mol. The van der Waals surface area contributed by atoms with Crippen LogP contribution in [0.4, 0.5) is 5.82 Å². The van der Waals surface area contributed by atoms with Gasteiger partial charge < -0.3 is 5.32 Å². The zero-order valence-corrected chi connectivity index (χ0v) is 10.0. The molecule has 0 aliphatic heterocycles. The van der Waals surface area contributed by atoms with Crippen LogP contribution in [-0.2, 0) is 0 Å². The van der Waals surface area contributed by atoms with Crippen LogP contribution in [0.5, 0.6) is 0 Å². The fourth-order valence-electron chi connectivity index (χ4n) is 1.35. The number of hydrogen-bond donors (Lipinski definition) is 1. The van der Waals surface area contributed by atoms with E-state index < -0.39 is 0 Å². The van der Waals surface area contributed by atoms with Gasteiger partial charge in [-0.1, -0.05) is 23.8 Å². The van der Waals surface area contributed by atoms with E-state index >= 15 is 0 Å². The Morgan fingerprint density at radius 1 is 1.53 bits per heavy atom. The molecule has 1 fully saturated rings. The summed E-state index contributed by atoms with van der Waals surface area (Å²) in [4.78, 5) is 8.36. The van der Waals surface area contributed by atoms with Gasteiger partial charge in [0.1, 0.15) is 16.8 Å².